The van der Waals surface area contributed by atoms with Gasteiger partial charge in [-0.25, -0.2) is 4.98 Å². The fourth-order valence-electron chi connectivity index (χ4n) is 2.00. The van der Waals surface area contributed by atoms with Gasteiger partial charge in [-0.2, -0.15) is 0 Å². The summed E-state index contributed by atoms with van der Waals surface area (Å²) >= 11 is 12.1. The molecule has 1 aromatic rings. The van der Waals surface area contributed by atoms with Gasteiger partial charge in [-0.1, -0.05) is 38.3 Å². The van der Waals surface area contributed by atoms with E-state index in [1.807, 2.05) is 12.3 Å². The Morgan fingerprint density at radius 2 is 1.94 bits per heavy atom. The predicted octanol–water partition coefficient (Wildman–Crippen LogP) is 4.74. The number of hydrogen-bond acceptors (Lipinski definition) is 2. The minimum absolute atomic E-state index is 0.450. The third-order valence-electron chi connectivity index (χ3n) is 3.35. The first-order valence-corrected chi connectivity index (χ1v) is 7.52. The van der Waals surface area contributed by atoms with E-state index >= 15 is 0 Å². The molecule has 0 spiro atoms. The van der Waals surface area contributed by atoms with Gasteiger partial charge >= 0.3 is 0 Å². The second kappa shape index (κ2) is 7.85. The van der Waals surface area contributed by atoms with Crippen LogP contribution >= 0.6 is 23.2 Å². The number of rotatable bonds is 7. The largest absolute Gasteiger partial charge is 0.355 e. The molecule has 0 aliphatic carbocycles. The van der Waals surface area contributed by atoms with E-state index in [2.05, 4.69) is 30.7 Å². The lowest BCUT2D eigenvalue weighted by Gasteiger charge is -2.27. The first-order valence-electron chi connectivity index (χ1n) is 6.61. The maximum Gasteiger partial charge on any atom is 0.147 e. The molecule has 0 N–H and O–H groups in total. The Morgan fingerprint density at radius 3 is 2.39 bits per heavy atom. The number of aromatic nitrogens is 1. The van der Waals surface area contributed by atoms with Gasteiger partial charge in [0.15, 0.2) is 0 Å². The van der Waals surface area contributed by atoms with Crippen molar-refractivity contribution in [2.45, 2.75) is 39.5 Å². The van der Waals surface area contributed by atoms with Crippen molar-refractivity contribution < 1.29 is 0 Å². The van der Waals surface area contributed by atoms with Crippen molar-refractivity contribution in [1.82, 2.24) is 4.98 Å². The van der Waals surface area contributed by atoms with Crippen LogP contribution in [-0.4, -0.2) is 18.1 Å². The van der Waals surface area contributed by atoms with E-state index in [0.717, 1.165) is 24.5 Å². The highest BCUT2D eigenvalue weighted by molar-refractivity contribution is 6.33. The van der Waals surface area contributed by atoms with Gasteiger partial charge in [-0.05, 0) is 24.5 Å². The number of anilines is 1. The monoisotopic (exact) mass is 288 g/mol. The van der Waals surface area contributed by atoms with Crippen LogP contribution < -0.4 is 4.90 Å². The molecule has 1 aromatic heterocycles. The molecule has 0 radical (unpaired) electrons. The Kier molecular flexibility index (Phi) is 6.80. The molecule has 4 heteroatoms. The van der Waals surface area contributed by atoms with Gasteiger partial charge in [0.2, 0.25) is 0 Å². The second-order valence-corrected chi connectivity index (χ2v) is 5.18. The highest BCUT2D eigenvalue weighted by atomic mass is 35.5. The van der Waals surface area contributed by atoms with Crippen LogP contribution in [0.4, 0.5) is 5.82 Å². The third-order valence-corrected chi connectivity index (χ3v) is 3.93. The summed E-state index contributed by atoms with van der Waals surface area (Å²) < 4.78 is 0. The molecule has 0 aromatic carbocycles. The van der Waals surface area contributed by atoms with Gasteiger partial charge in [0, 0.05) is 25.2 Å². The molecule has 1 rings (SSSR count). The number of pyridine rings is 1. The maximum atomic E-state index is 6.29. The highest BCUT2D eigenvalue weighted by Gasteiger charge is 2.14. The minimum atomic E-state index is 0.450. The zero-order valence-corrected chi connectivity index (χ0v) is 12.9. The van der Waals surface area contributed by atoms with E-state index in [4.69, 9.17) is 23.2 Å². The average Bonchev–Trinajstić information content (AvgIpc) is 2.41. The van der Waals surface area contributed by atoms with Crippen LogP contribution in [0.25, 0.3) is 0 Å². The molecular formula is C14H22Cl2N2. The van der Waals surface area contributed by atoms with Crippen molar-refractivity contribution >= 4 is 29.0 Å². The summed E-state index contributed by atoms with van der Waals surface area (Å²) in [5.74, 6) is 2.02. The molecule has 2 nitrogen and oxygen atoms in total. The summed E-state index contributed by atoms with van der Waals surface area (Å²) in [7, 11) is 0. The van der Waals surface area contributed by atoms with Crippen molar-refractivity contribution in [2.75, 3.05) is 18.0 Å². The summed E-state index contributed by atoms with van der Waals surface area (Å²) in [5.41, 5.74) is 0.962. The summed E-state index contributed by atoms with van der Waals surface area (Å²) in [5, 5.41) is 0.695. The van der Waals surface area contributed by atoms with Crippen LogP contribution in [0.1, 0.15) is 39.2 Å². The fraction of sp³-hybridized carbons (Fsp3) is 0.643. The molecule has 0 aliphatic rings. The van der Waals surface area contributed by atoms with Gasteiger partial charge in [-0.15, -0.1) is 11.6 Å². The summed E-state index contributed by atoms with van der Waals surface area (Å²) in [6.45, 7) is 8.52. The molecular weight excluding hydrogens is 267 g/mol. The van der Waals surface area contributed by atoms with E-state index in [0.29, 0.717) is 16.8 Å². The zero-order valence-electron chi connectivity index (χ0n) is 11.4. The van der Waals surface area contributed by atoms with Crippen LogP contribution in [-0.2, 0) is 5.88 Å². The molecule has 0 saturated heterocycles. The Morgan fingerprint density at radius 1 is 1.28 bits per heavy atom. The average molecular weight is 289 g/mol. The van der Waals surface area contributed by atoms with Crippen molar-refractivity contribution in [1.29, 1.82) is 0 Å². The molecule has 0 amide bonds. The van der Waals surface area contributed by atoms with Gasteiger partial charge in [0.05, 0.1) is 5.02 Å². The maximum absolute atomic E-state index is 6.29. The van der Waals surface area contributed by atoms with Crippen molar-refractivity contribution in [3.8, 4) is 0 Å². The molecule has 0 unspecified atom stereocenters. The molecule has 0 fully saturated rings. The van der Waals surface area contributed by atoms with Crippen LogP contribution in [0.3, 0.4) is 0 Å². The summed E-state index contributed by atoms with van der Waals surface area (Å²) in [6, 6.07) is 1.91. The first-order chi connectivity index (χ1) is 8.65. The first kappa shape index (κ1) is 15.6. The minimum Gasteiger partial charge on any atom is -0.355 e. The van der Waals surface area contributed by atoms with E-state index in [-0.39, 0.29) is 0 Å². The van der Waals surface area contributed by atoms with Crippen LogP contribution in [0.2, 0.25) is 5.02 Å². The number of halogens is 2. The van der Waals surface area contributed by atoms with Crippen molar-refractivity contribution in [2.24, 2.45) is 5.92 Å². The third kappa shape index (κ3) is 4.03. The predicted molar refractivity (Wildman–Crippen MR) is 80.8 cm³/mol. The van der Waals surface area contributed by atoms with Gasteiger partial charge in [0.25, 0.3) is 0 Å². The topological polar surface area (TPSA) is 16.1 Å². The molecule has 0 aliphatic heterocycles. The normalized spacial score (nSPS) is 11.0. The Hall–Kier alpha value is -0.470. The molecule has 1 heterocycles. The van der Waals surface area contributed by atoms with E-state index in [1.165, 1.54) is 12.8 Å². The van der Waals surface area contributed by atoms with Gasteiger partial charge < -0.3 is 4.90 Å². The Balaban J connectivity index is 2.87. The molecule has 18 heavy (non-hydrogen) atoms. The standard InChI is InChI=1S/C14H22Cl2N2/c1-4-11(5-2)10-18(6-3)14-13(16)7-12(8-15)9-17-14/h7,9,11H,4-6,8,10H2,1-3H3. The molecule has 0 bridgehead atoms. The van der Waals surface area contributed by atoms with Gasteiger partial charge in [0.1, 0.15) is 5.82 Å². The smallest absolute Gasteiger partial charge is 0.147 e. The van der Waals surface area contributed by atoms with E-state index < -0.39 is 0 Å². The van der Waals surface area contributed by atoms with Crippen LogP contribution in [0.15, 0.2) is 12.3 Å². The summed E-state index contributed by atoms with van der Waals surface area (Å²) in [4.78, 5) is 6.70. The van der Waals surface area contributed by atoms with E-state index in [1.54, 1.807) is 0 Å². The Bertz CT molecular complexity index is 365. The lowest BCUT2D eigenvalue weighted by Crippen LogP contribution is -2.30. The van der Waals surface area contributed by atoms with Crippen molar-refractivity contribution in [3.05, 3.63) is 22.8 Å². The zero-order chi connectivity index (χ0) is 13.5. The fourth-order valence-corrected chi connectivity index (χ4v) is 2.45. The lowest BCUT2D eigenvalue weighted by atomic mass is 10.0. The van der Waals surface area contributed by atoms with E-state index in [9.17, 15) is 0 Å². The number of nitrogens with zero attached hydrogens (tertiary/aromatic N) is 2. The molecule has 102 valence electrons. The summed E-state index contributed by atoms with van der Waals surface area (Å²) in [6.07, 6.45) is 4.18. The molecule has 0 atom stereocenters. The lowest BCUT2D eigenvalue weighted by molar-refractivity contribution is 0.484. The SMILES string of the molecule is CCC(CC)CN(CC)c1ncc(CCl)cc1Cl. The van der Waals surface area contributed by atoms with Crippen LogP contribution in [0.5, 0.6) is 0 Å². The number of alkyl halides is 1. The Labute approximate surface area is 120 Å². The van der Waals surface area contributed by atoms with Gasteiger partial charge in [-0.3, -0.25) is 0 Å². The highest BCUT2D eigenvalue weighted by Crippen LogP contribution is 2.26. The number of hydrogen-bond donors (Lipinski definition) is 0. The molecule has 0 saturated carbocycles. The second-order valence-electron chi connectivity index (χ2n) is 4.50. The quantitative estimate of drug-likeness (QED) is 0.674. The van der Waals surface area contributed by atoms with Crippen molar-refractivity contribution in [3.63, 3.8) is 0 Å². The van der Waals surface area contributed by atoms with Crippen LogP contribution in [0, 0.1) is 5.92 Å².